The highest BCUT2D eigenvalue weighted by Crippen LogP contribution is 2.36. The van der Waals surface area contributed by atoms with Crippen LogP contribution in [0.3, 0.4) is 0 Å². The number of hydrogen-bond acceptors (Lipinski definition) is 2. The number of halogens is 1. The van der Waals surface area contributed by atoms with E-state index in [2.05, 4.69) is 4.98 Å². The van der Waals surface area contributed by atoms with Crippen molar-refractivity contribution < 1.29 is 4.21 Å². The van der Waals surface area contributed by atoms with E-state index in [1.807, 2.05) is 53.1 Å². The van der Waals surface area contributed by atoms with Crippen molar-refractivity contribution in [2.75, 3.05) is 0 Å². The predicted molar refractivity (Wildman–Crippen MR) is 80.3 cm³/mol. The molecular weight excluding hydrogens is 292 g/mol. The molecule has 5 heteroatoms. The molecule has 0 aliphatic carbocycles. The second kappa shape index (κ2) is 4.43. The van der Waals surface area contributed by atoms with Gasteiger partial charge in [-0.05, 0) is 23.8 Å². The van der Waals surface area contributed by atoms with E-state index < -0.39 is 10.8 Å². The summed E-state index contributed by atoms with van der Waals surface area (Å²) in [5.41, 5.74) is 2.90. The van der Waals surface area contributed by atoms with Crippen molar-refractivity contribution in [2.24, 2.45) is 0 Å². The highest BCUT2D eigenvalue weighted by Gasteiger charge is 2.33. The molecule has 0 radical (unpaired) electrons. The van der Waals surface area contributed by atoms with Crippen LogP contribution in [0.25, 0.3) is 11.0 Å². The predicted octanol–water partition coefficient (Wildman–Crippen LogP) is 3.55. The molecular formula is C15H11ClN2OS. The van der Waals surface area contributed by atoms with Crippen LogP contribution in [0.2, 0.25) is 5.02 Å². The molecule has 0 spiro atoms. The van der Waals surface area contributed by atoms with Gasteiger partial charge in [0.05, 0.1) is 27.1 Å². The van der Waals surface area contributed by atoms with E-state index in [-0.39, 0.29) is 5.25 Å². The van der Waals surface area contributed by atoms with Crippen molar-refractivity contribution in [2.45, 2.75) is 17.0 Å². The summed E-state index contributed by atoms with van der Waals surface area (Å²) in [5, 5.41) is 1.29. The average molecular weight is 303 g/mol. The minimum Gasteiger partial charge on any atom is -0.315 e. The Morgan fingerprint density at radius 2 is 2.00 bits per heavy atom. The third-order valence-corrected chi connectivity index (χ3v) is 5.48. The minimum absolute atomic E-state index is 0.0150. The molecule has 100 valence electrons. The lowest BCUT2D eigenvalue weighted by molar-refractivity contribution is 0.672. The van der Waals surface area contributed by atoms with Crippen LogP contribution in [0.5, 0.6) is 0 Å². The average Bonchev–Trinajstić information content (AvgIpc) is 2.97. The second-order valence-electron chi connectivity index (χ2n) is 4.83. The Morgan fingerprint density at radius 1 is 1.20 bits per heavy atom. The van der Waals surface area contributed by atoms with Gasteiger partial charge in [-0.1, -0.05) is 41.9 Å². The van der Waals surface area contributed by atoms with Gasteiger partial charge in [-0.25, -0.2) is 4.98 Å². The van der Waals surface area contributed by atoms with Crippen molar-refractivity contribution in [3.63, 3.8) is 0 Å². The van der Waals surface area contributed by atoms with Crippen LogP contribution in [0.1, 0.15) is 10.8 Å². The number of aromatic nitrogens is 2. The summed E-state index contributed by atoms with van der Waals surface area (Å²) in [6.07, 6.45) is 0. The summed E-state index contributed by atoms with van der Waals surface area (Å²) in [6.45, 7) is 0.699. The Bertz CT molecular complexity index is 829. The lowest BCUT2D eigenvalue weighted by Gasteiger charge is -2.08. The van der Waals surface area contributed by atoms with Gasteiger partial charge < -0.3 is 4.57 Å². The highest BCUT2D eigenvalue weighted by atomic mass is 35.5. The van der Waals surface area contributed by atoms with E-state index >= 15 is 0 Å². The van der Waals surface area contributed by atoms with Crippen LogP contribution < -0.4 is 0 Å². The first-order valence-corrected chi connectivity index (χ1v) is 7.94. The largest absolute Gasteiger partial charge is 0.315 e. The molecule has 1 aliphatic heterocycles. The van der Waals surface area contributed by atoms with Crippen LogP contribution in [-0.2, 0) is 17.3 Å². The second-order valence-corrected chi connectivity index (χ2v) is 6.80. The molecule has 4 rings (SSSR count). The van der Waals surface area contributed by atoms with Crippen LogP contribution in [-0.4, -0.2) is 13.8 Å². The number of imidazole rings is 1. The molecule has 0 amide bonds. The van der Waals surface area contributed by atoms with Crippen molar-refractivity contribution in [3.8, 4) is 0 Å². The number of rotatable bonds is 1. The van der Waals surface area contributed by atoms with E-state index in [0.717, 1.165) is 16.6 Å². The van der Waals surface area contributed by atoms with Gasteiger partial charge in [0, 0.05) is 11.6 Å². The SMILES string of the molecule is O=S1c2nc3cc(Cl)ccc3n2CC1c1ccccc1. The Morgan fingerprint density at radius 3 is 2.80 bits per heavy atom. The molecule has 3 nitrogen and oxygen atoms in total. The van der Waals surface area contributed by atoms with E-state index in [0.29, 0.717) is 16.7 Å². The fourth-order valence-corrected chi connectivity index (χ4v) is 4.36. The van der Waals surface area contributed by atoms with Gasteiger partial charge in [0.25, 0.3) is 0 Å². The Hall–Kier alpha value is -1.65. The van der Waals surface area contributed by atoms with E-state index in [4.69, 9.17) is 11.6 Å². The summed E-state index contributed by atoms with van der Waals surface area (Å²) in [5.74, 6) is 0. The molecule has 2 atom stereocenters. The van der Waals surface area contributed by atoms with E-state index in [1.165, 1.54) is 0 Å². The molecule has 3 aromatic rings. The molecule has 1 aliphatic rings. The zero-order valence-electron chi connectivity index (χ0n) is 10.5. The van der Waals surface area contributed by atoms with Gasteiger partial charge in [-0.3, -0.25) is 4.21 Å². The zero-order valence-corrected chi connectivity index (χ0v) is 12.1. The molecule has 2 heterocycles. The fraction of sp³-hybridized carbons (Fsp3) is 0.133. The molecule has 0 N–H and O–H groups in total. The maximum atomic E-state index is 12.6. The molecule has 2 aromatic carbocycles. The molecule has 20 heavy (non-hydrogen) atoms. The van der Waals surface area contributed by atoms with Gasteiger partial charge in [0.15, 0.2) is 0 Å². The van der Waals surface area contributed by atoms with Gasteiger partial charge in [-0.15, -0.1) is 0 Å². The van der Waals surface area contributed by atoms with Crippen LogP contribution in [0.15, 0.2) is 53.7 Å². The Kier molecular flexibility index (Phi) is 2.69. The summed E-state index contributed by atoms with van der Waals surface area (Å²) < 4.78 is 14.7. The summed E-state index contributed by atoms with van der Waals surface area (Å²) >= 11 is 5.98. The molecule has 0 fully saturated rings. The molecule has 0 saturated carbocycles. The third-order valence-electron chi connectivity index (χ3n) is 3.63. The highest BCUT2D eigenvalue weighted by molar-refractivity contribution is 7.85. The van der Waals surface area contributed by atoms with Crippen molar-refractivity contribution in [3.05, 3.63) is 59.1 Å². The van der Waals surface area contributed by atoms with Crippen molar-refractivity contribution in [1.82, 2.24) is 9.55 Å². The Labute approximate surface area is 123 Å². The summed E-state index contributed by atoms with van der Waals surface area (Å²) in [6, 6.07) is 15.6. The lowest BCUT2D eigenvalue weighted by Crippen LogP contribution is -2.03. The smallest absolute Gasteiger partial charge is 0.200 e. The number of hydrogen-bond donors (Lipinski definition) is 0. The van der Waals surface area contributed by atoms with Gasteiger partial charge in [0.1, 0.15) is 0 Å². The van der Waals surface area contributed by atoms with E-state index in [9.17, 15) is 4.21 Å². The standard InChI is InChI=1S/C15H11ClN2OS/c16-11-6-7-13-12(8-11)17-15-18(13)9-14(20(15)19)10-4-2-1-3-5-10/h1-8,14H,9H2. The number of fused-ring (bicyclic) bond motifs is 3. The first-order valence-electron chi connectivity index (χ1n) is 6.35. The first-order chi connectivity index (χ1) is 9.74. The number of benzene rings is 2. The fourth-order valence-electron chi connectivity index (χ4n) is 2.67. The maximum absolute atomic E-state index is 12.6. The molecule has 1 aromatic heterocycles. The monoisotopic (exact) mass is 302 g/mol. The van der Waals surface area contributed by atoms with Crippen molar-refractivity contribution in [1.29, 1.82) is 0 Å². The van der Waals surface area contributed by atoms with Gasteiger partial charge in [-0.2, -0.15) is 0 Å². The normalized spacial score (nSPS) is 21.2. The zero-order chi connectivity index (χ0) is 13.7. The Balaban J connectivity index is 1.84. The maximum Gasteiger partial charge on any atom is 0.200 e. The minimum atomic E-state index is -1.12. The first kappa shape index (κ1) is 12.1. The van der Waals surface area contributed by atoms with Crippen molar-refractivity contribution >= 4 is 33.4 Å². The van der Waals surface area contributed by atoms with Crippen LogP contribution >= 0.6 is 11.6 Å². The summed E-state index contributed by atoms with van der Waals surface area (Å²) in [7, 11) is -1.12. The lowest BCUT2D eigenvalue weighted by atomic mass is 10.1. The molecule has 0 saturated heterocycles. The summed E-state index contributed by atoms with van der Waals surface area (Å²) in [4.78, 5) is 4.49. The van der Waals surface area contributed by atoms with Gasteiger partial charge in [0.2, 0.25) is 5.16 Å². The third kappa shape index (κ3) is 1.72. The van der Waals surface area contributed by atoms with Crippen LogP contribution in [0.4, 0.5) is 0 Å². The van der Waals surface area contributed by atoms with E-state index in [1.54, 1.807) is 0 Å². The quantitative estimate of drug-likeness (QED) is 0.689. The topological polar surface area (TPSA) is 34.9 Å². The van der Waals surface area contributed by atoms with Gasteiger partial charge >= 0.3 is 0 Å². The van der Waals surface area contributed by atoms with Crippen LogP contribution in [0, 0.1) is 0 Å². The molecule has 2 unspecified atom stereocenters. The number of nitrogens with zero attached hydrogens (tertiary/aromatic N) is 2. The molecule has 0 bridgehead atoms.